The smallest absolute Gasteiger partial charge is 1.00 e. The van der Waals surface area contributed by atoms with E-state index in [1.165, 1.54) is 83.9 Å². The molecule has 4 saturated carbocycles. The van der Waals surface area contributed by atoms with Gasteiger partial charge in [0, 0.05) is 0 Å². The third-order valence-electron chi connectivity index (χ3n) is 15.6. The summed E-state index contributed by atoms with van der Waals surface area (Å²) < 4.78 is 4.19. The van der Waals surface area contributed by atoms with Gasteiger partial charge in [0.1, 0.15) is 0 Å². The zero-order valence-corrected chi connectivity index (χ0v) is 38.7. The van der Waals surface area contributed by atoms with Gasteiger partial charge in [0.25, 0.3) is 0 Å². The van der Waals surface area contributed by atoms with E-state index in [4.69, 9.17) is 0 Å². The maximum atomic E-state index is 2.80. The first kappa shape index (κ1) is 39.8. The van der Waals surface area contributed by atoms with E-state index in [0.29, 0.717) is 15.0 Å². The van der Waals surface area contributed by atoms with Crippen molar-refractivity contribution in [3.63, 3.8) is 0 Å². The van der Waals surface area contributed by atoms with Crippen LogP contribution in [0.2, 0.25) is 0 Å². The van der Waals surface area contributed by atoms with Gasteiger partial charge in [-0.3, -0.25) is 0 Å². The van der Waals surface area contributed by atoms with Gasteiger partial charge in [0.15, 0.2) is 0 Å². The first-order valence-electron chi connectivity index (χ1n) is 21.2. The van der Waals surface area contributed by atoms with E-state index in [2.05, 4.69) is 135 Å². The molecule has 55 heavy (non-hydrogen) atoms. The molecule has 1 atom stereocenters. The minimum absolute atomic E-state index is 0. The van der Waals surface area contributed by atoms with Gasteiger partial charge in [-0.15, -0.1) is 0 Å². The molecule has 0 aromatic heterocycles. The molecule has 0 spiro atoms. The van der Waals surface area contributed by atoms with E-state index >= 15 is 0 Å². The molecule has 0 N–H and O–H groups in total. The minimum Gasteiger partial charge on any atom is -1.00 e. The van der Waals surface area contributed by atoms with Crippen molar-refractivity contribution in [3.05, 3.63) is 126 Å². The van der Waals surface area contributed by atoms with Crippen molar-refractivity contribution in [1.82, 2.24) is 0 Å². The molecule has 1 unspecified atom stereocenters. The Morgan fingerprint density at radius 2 is 1.18 bits per heavy atom. The number of rotatable bonds is 6. The SMILES string of the molecule is CC/[C](c1ccccc1)=[Zr+2](/[C]1=C(C)C(CC23CC4CC(CC(C4)C2)C3)=CC1C)[CH]1c2cc3c(cc2-c2cc4c(cc21)C(C)(C)C=C4C)C(C)=CC3(C)C.[Cl-].[Cl-]. The molecule has 4 fully saturated rings. The molecule has 11 rings (SSSR count). The third-order valence-corrected chi connectivity index (χ3v) is 25.2. The Morgan fingerprint density at radius 1 is 0.691 bits per heavy atom. The molecular formula is C52H60Cl2Zr. The summed E-state index contributed by atoms with van der Waals surface area (Å²) in [6.45, 7) is 22.1. The fourth-order valence-electron chi connectivity index (χ4n) is 14.0. The summed E-state index contributed by atoms with van der Waals surface area (Å²) in [5.74, 6) is 3.55. The normalized spacial score (nSPS) is 28.7. The number of benzene rings is 3. The largest absolute Gasteiger partial charge is 1.00 e. The van der Waals surface area contributed by atoms with Crippen LogP contribution in [0.3, 0.4) is 0 Å². The summed E-state index contributed by atoms with van der Waals surface area (Å²) in [5, 5.41) is 0. The molecule has 3 aromatic carbocycles. The van der Waals surface area contributed by atoms with Crippen LogP contribution in [0.5, 0.6) is 0 Å². The summed E-state index contributed by atoms with van der Waals surface area (Å²) in [6.07, 6.45) is 19.4. The predicted molar refractivity (Wildman–Crippen MR) is 223 cm³/mol. The van der Waals surface area contributed by atoms with Crippen LogP contribution < -0.4 is 24.8 Å². The third kappa shape index (κ3) is 6.09. The molecule has 0 nitrogen and oxygen atoms in total. The molecular weight excluding hydrogens is 787 g/mol. The minimum atomic E-state index is -2.76. The molecule has 0 heterocycles. The second-order valence-electron chi connectivity index (χ2n) is 20.2. The van der Waals surface area contributed by atoms with Gasteiger partial charge in [-0.1, -0.05) is 0 Å². The first-order chi connectivity index (χ1) is 25.3. The van der Waals surface area contributed by atoms with Crippen molar-refractivity contribution >= 4 is 14.4 Å². The summed E-state index contributed by atoms with van der Waals surface area (Å²) in [5.41, 5.74) is 21.0. The Hall–Kier alpha value is -2.05. The molecule has 286 valence electrons. The number of halogens is 2. The van der Waals surface area contributed by atoms with Gasteiger partial charge in [0.2, 0.25) is 0 Å². The van der Waals surface area contributed by atoms with E-state index in [9.17, 15) is 0 Å². The summed E-state index contributed by atoms with van der Waals surface area (Å²) in [7, 11) is 0. The number of hydrogen-bond donors (Lipinski definition) is 0. The van der Waals surface area contributed by atoms with Crippen LogP contribution in [0.4, 0.5) is 0 Å². The molecule has 3 heteroatoms. The zero-order chi connectivity index (χ0) is 36.8. The molecule has 3 aromatic rings. The van der Waals surface area contributed by atoms with E-state index in [1.807, 2.05) is 6.49 Å². The van der Waals surface area contributed by atoms with Gasteiger partial charge in [0.05, 0.1) is 0 Å². The molecule has 0 aliphatic heterocycles. The number of hydrogen-bond acceptors (Lipinski definition) is 0. The quantitative estimate of drug-likeness (QED) is 0.237. The van der Waals surface area contributed by atoms with Crippen molar-refractivity contribution in [2.75, 3.05) is 0 Å². The van der Waals surface area contributed by atoms with E-state index in [1.54, 1.807) is 33.4 Å². The van der Waals surface area contributed by atoms with Crippen molar-refractivity contribution in [2.45, 2.75) is 128 Å². The molecule has 4 bridgehead atoms. The van der Waals surface area contributed by atoms with Gasteiger partial charge < -0.3 is 24.8 Å². The molecule has 8 aliphatic carbocycles. The van der Waals surface area contributed by atoms with E-state index in [-0.39, 0.29) is 35.6 Å². The summed E-state index contributed by atoms with van der Waals surface area (Å²) >= 11 is -2.76. The molecule has 0 amide bonds. The van der Waals surface area contributed by atoms with Gasteiger partial charge >= 0.3 is 330 Å². The Labute approximate surface area is 352 Å². The van der Waals surface area contributed by atoms with Crippen molar-refractivity contribution < 1.29 is 46.1 Å². The van der Waals surface area contributed by atoms with Crippen LogP contribution in [-0.2, 0) is 32.1 Å². The van der Waals surface area contributed by atoms with Crippen LogP contribution in [0.1, 0.15) is 156 Å². The van der Waals surface area contributed by atoms with Crippen molar-refractivity contribution in [1.29, 1.82) is 0 Å². The predicted octanol–water partition coefficient (Wildman–Crippen LogP) is 7.86. The number of allylic oxidation sites excluding steroid dienone is 8. The number of fused-ring (bicyclic) bond motifs is 5. The molecule has 0 radical (unpaired) electrons. The average Bonchev–Trinajstić information content (AvgIpc) is 3.71. The van der Waals surface area contributed by atoms with Crippen molar-refractivity contribution in [2.24, 2.45) is 29.1 Å². The Bertz CT molecular complexity index is 2150. The molecule has 0 saturated heterocycles. The Morgan fingerprint density at radius 3 is 1.65 bits per heavy atom. The van der Waals surface area contributed by atoms with Gasteiger partial charge in [-0.25, -0.2) is 0 Å². The molecule has 8 aliphatic rings. The second kappa shape index (κ2) is 13.8. The second-order valence-corrected chi connectivity index (χ2v) is 26.5. The summed E-state index contributed by atoms with van der Waals surface area (Å²) in [6, 6.07) is 22.5. The van der Waals surface area contributed by atoms with E-state index < -0.39 is 21.3 Å². The van der Waals surface area contributed by atoms with Crippen LogP contribution >= 0.6 is 0 Å². The van der Waals surface area contributed by atoms with Gasteiger partial charge in [-0.05, 0) is 0 Å². The maximum Gasteiger partial charge on any atom is -1.00 e. The standard InChI is InChI=1S/C25H25.C18H25.C9H10.2ClH.Zr/c1-14-12-24(3,4)22-8-16-7-17-9-23-19(15(2)13-25(23,5)6)11-21(17)20(16)10-18(14)22;1-12-3-13(2)17(4-12)11-18-8-14-5-15(9-18)7-16(6-14)10-18;1-2-6-9-7-4-3-5-8-9;;;/h7-13H,1-6H3;4,12,14-16H,5-11H2,1-2H3;3-5,7-8H,2H2,1H3;2*1H;/q;;;;;+2/p-2. The zero-order valence-electron chi connectivity index (χ0n) is 34.7. The van der Waals surface area contributed by atoms with Gasteiger partial charge in [-0.2, -0.15) is 0 Å². The first-order valence-corrected chi connectivity index (χ1v) is 25.1. The maximum absolute atomic E-state index is 2.80. The van der Waals surface area contributed by atoms with Crippen LogP contribution in [0, 0.1) is 29.1 Å². The Kier molecular flexibility index (Phi) is 9.96. The van der Waals surface area contributed by atoms with E-state index in [0.717, 1.165) is 24.2 Å². The fourth-order valence-corrected chi connectivity index (χ4v) is 24.1. The van der Waals surface area contributed by atoms with Crippen LogP contribution in [0.25, 0.3) is 22.3 Å². The Balaban J connectivity index is 0.00000214. The monoisotopic (exact) mass is 844 g/mol. The average molecular weight is 847 g/mol. The topological polar surface area (TPSA) is 0 Å². The summed E-state index contributed by atoms with van der Waals surface area (Å²) in [4.78, 5) is 0. The fraction of sp³-hybridized carbons (Fsp3) is 0.481. The van der Waals surface area contributed by atoms with Crippen LogP contribution in [-0.4, -0.2) is 3.21 Å². The van der Waals surface area contributed by atoms with Crippen LogP contribution in [0.15, 0.2) is 87.3 Å². The van der Waals surface area contributed by atoms with Crippen molar-refractivity contribution in [3.8, 4) is 11.1 Å².